The summed E-state index contributed by atoms with van der Waals surface area (Å²) in [4.78, 5) is 23.2. The Kier molecular flexibility index (Phi) is 8.44. The molecule has 0 aliphatic rings. The number of aliphatic carboxylic acids is 2. The Hall–Kier alpha value is -3.61. The first-order chi connectivity index (χ1) is 14.0. The fraction of sp³-hybridized carbons (Fsp3) is 0.227. The summed E-state index contributed by atoms with van der Waals surface area (Å²) < 4.78 is 2.25. The number of rotatable bonds is 8. The smallest absolute Gasteiger partial charge is 0.328 e. The summed E-state index contributed by atoms with van der Waals surface area (Å²) >= 11 is 0. The number of pyridine rings is 1. The van der Waals surface area contributed by atoms with Crippen LogP contribution in [0.3, 0.4) is 0 Å². The largest absolute Gasteiger partial charge is 0.478 e. The van der Waals surface area contributed by atoms with Crippen molar-refractivity contribution >= 4 is 28.5 Å². The van der Waals surface area contributed by atoms with E-state index in [0.29, 0.717) is 12.2 Å². The van der Waals surface area contributed by atoms with Crippen LogP contribution >= 0.6 is 0 Å². The molecule has 29 heavy (non-hydrogen) atoms. The van der Waals surface area contributed by atoms with Crippen LogP contribution in [-0.2, 0) is 9.59 Å². The van der Waals surface area contributed by atoms with Gasteiger partial charge in [-0.3, -0.25) is 14.7 Å². The Morgan fingerprint density at radius 1 is 1.00 bits per heavy atom. The van der Waals surface area contributed by atoms with Crippen molar-refractivity contribution in [3.05, 3.63) is 73.2 Å². The molecule has 152 valence electrons. The molecule has 0 amide bonds. The number of benzene rings is 1. The fourth-order valence-electron chi connectivity index (χ4n) is 2.81. The van der Waals surface area contributed by atoms with Gasteiger partial charge < -0.3 is 10.2 Å². The monoisotopic (exact) mass is 395 g/mol. The molecule has 2 heterocycles. The molecule has 7 heteroatoms. The van der Waals surface area contributed by atoms with E-state index in [9.17, 15) is 9.59 Å². The zero-order valence-corrected chi connectivity index (χ0v) is 16.3. The molecule has 1 aromatic carbocycles. The number of carbonyl (C=O) groups is 2. The van der Waals surface area contributed by atoms with E-state index in [1.807, 2.05) is 12.4 Å². The van der Waals surface area contributed by atoms with E-state index in [1.165, 1.54) is 35.9 Å². The lowest BCUT2D eigenvalue weighted by molar-refractivity contribution is -0.134. The lowest BCUT2D eigenvalue weighted by atomic mass is 10.2. The molecule has 0 bridgehead atoms. The van der Waals surface area contributed by atoms with Crippen molar-refractivity contribution in [2.24, 2.45) is 0 Å². The Morgan fingerprint density at radius 3 is 2.28 bits per heavy atom. The summed E-state index contributed by atoms with van der Waals surface area (Å²) in [5, 5.41) is 19.2. The second-order valence-electron chi connectivity index (χ2n) is 6.26. The van der Waals surface area contributed by atoms with E-state index in [0.717, 1.165) is 6.54 Å². The number of aromatic nitrogens is 2. The minimum Gasteiger partial charge on any atom is -0.478 e. The van der Waals surface area contributed by atoms with Gasteiger partial charge in [0.2, 0.25) is 0 Å². The third-order valence-electron chi connectivity index (χ3n) is 4.14. The van der Waals surface area contributed by atoms with Crippen LogP contribution in [0.1, 0.15) is 26.2 Å². The first-order valence-electron chi connectivity index (χ1n) is 9.40. The Morgan fingerprint density at radius 2 is 1.66 bits per heavy atom. The van der Waals surface area contributed by atoms with Crippen molar-refractivity contribution in [2.45, 2.75) is 26.2 Å². The van der Waals surface area contributed by atoms with Gasteiger partial charge in [-0.2, -0.15) is 0 Å². The number of unbranched alkanes of at least 4 members (excludes halogenated alkanes) is 2. The number of hydrogen-bond acceptors (Lipinski definition) is 4. The lowest BCUT2D eigenvalue weighted by Crippen LogP contribution is -2.29. The zero-order chi connectivity index (χ0) is 21.1. The number of carboxylic acid groups (broad SMARTS) is 2. The number of hydrogen-bond donors (Lipinski definition) is 2. The number of fused-ring (bicyclic) bond motifs is 1. The van der Waals surface area contributed by atoms with E-state index in [2.05, 4.69) is 70.3 Å². The molecule has 0 atom stereocenters. The number of anilines is 1. The molecule has 2 N–H and O–H groups in total. The maximum absolute atomic E-state index is 9.55. The van der Waals surface area contributed by atoms with Gasteiger partial charge in [-0.05, 0) is 30.7 Å². The van der Waals surface area contributed by atoms with Gasteiger partial charge in [0.05, 0.1) is 11.2 Å². The molecule has 0 saturated heterocycles. The Labute approximate surface area is 169 Å². The van der Waals surface area contributed by atoms with E-state index >= 15 is 0 Å². The third-order valence-corrected chi connectivity index (χ3v) is 4.14. The van der Waals surface area contributed by atoms with Crippen molar-refractivity contribution in [3.63, 3.8) is 0 Å². The molecular weight excluding hydrogens is 370 g/mol. The molecule has 0 fully saturated rings. The van der Waals surface area contributed by atoms with Crippen LogP contribution in [0.2, 0.25) is 0 Å². The summed E-state index contributed by atoms with van der Waals surface area (Å²) in [5.41, 5.74) is 2.42. The number of carboxylic acids is 2. The molecule has 3 aromatic rings. The SMILES string of the molecule is CCCCCN(c1ccncc1)n1ccc2ccccc21.O=C(O)C=CC(=O)O. The minimum atomic E-state index is -1.26. The molecule has 0 aliphatic heterocycles. The van der Waals surface area contributed by atoms with Gasteiger partial charge in [-0.1, -0.05) is 38.0 Å². The quantitative estimate of drug-likeness (QED) is 0.438. The molecule has 3 rings (SSSR count). The molecular formula is C22H25N3O4. The maximum atomic E-state index is 9.55. The highest BCUT2D eigenvalue weighted by atomic mass is 16.4. The van der Waals surface area contributed by atoms with Crippen LogP contribution in [0.25, 0.3) is 10.9 Å². The van der Waals surface area contributed by atoms with Gasteiger partial charge in [0.15, 0.2) is 0 Å². The topological polar surface area (TPSA) is 95.7 Å². The molecule has 0 unspecified atom stereocenters. The Bertz CT molecular complexity index is 935. The maximum Gasteiger partial charge on any atom is 0.328 e. The second-order valence-corrected chi connectivity index (χ2v) is 6.26. The lowest BCUT2D eigenvalue weighted by Gasteiger charge is -2.27. The highest BCUT2D eigenvalue weighted by Crippen LogP contribution is 2.21. The number of nitrogens with zero attached hydrogens (tertiary/aromatic N) is 3. The normalized spacial score (nSPS) is 10.5. The van der Waals surface area contributed by atoms with Crippen molar-refractivity contribution in [3.8, 4) is 0 Å². The van der Waals surface area contributed by atoms with E-state index in [-0.39, 0.29) is 0 Å². The van der Waals surface area contributed by atoms with Gasteiger partial charge in [0, 0.05) is 42.7 Å². The summed E-state index contributed by atoms with van der Waals surface area (Å²) in [6.07, 6.45) is 10.6. The average Bonchev–Trinajstić information content (AvgIpc) is 3.15. The predicted molar refractivity (Wildman–Crippen MR) is 113 cm³/mol. The summed E-state index contributed by atoms with van der Waals surface area (Å²) in [6, 6.07) is 14.8. The van der Waals surface area contributed by atoms with E-state index in [4.69, 9.17) is 10.2 Å². The first kappa shape index (κ1) is 21.7. The standard InChI is InChI=1S/C18H21N3.C4H4O4/c1-2-3-6-14-20(17-9-12-19-13-10-17)21-15-11-16-7-4-5-8-18(16)21;5-3(6)1-2-4(7)8/h4-5,7-13,15H,2-3,6,14H2,1H3;1-2H,(H,5,6)(H,7,8). The van der Waals surface area contributed by atoms with Crippen LogP contribution in [0, 0.1) is 0 Å². The van der Waals surface area contributed by atoms with E-state index < -0.39 is 11.9 Å². The Balaban J connectivity index is 0.000000321. The molecule has 7 nitrogen and oxygen atoms in total. The van der Waals surface area contributed by atoms with Crippen LogP contribution in [0.5, 0.6) is 0 Å². The molecule has 0 saturated carbocycles. The van der Waals surface area contributed by atoms with Gasteiger partial charge in [-0.15, -0.1) is 0 Å². The molecule has 0 spiro atoms. The highest BCUT2D eigenvalue weighted by molar-refractivity contribution is 5.89. The second kappa shape index (κ2) is 11.3. The summed E-state index contributed by atoms with van der Waals surface area (Å²) in [6.45, 7) is 3.25. The van der Waals surface area contributed by atoms with Crippen LogP contribution < -0.4 is 5.01 Å². The fourth-order valence-corrected chi connectivity index (χ4v) is 2.81. The summed E-state index contributed by atoms with van der Waals surface area (Å²) in [5.74, 6) is -2.51. The molecule has 0 radical (unpaired) electrons. The predicted octanol–water partition coefficient (Wildman–Crippen LogP) is 4.21. The van der Waals surface area contributed by atoms with Gasteiger partial charge >= 0.3 is 11.9 Å². The van der Waals surface area contributed by atoms with Crippen LogP contribution in [0.4, 0.5) is 5.69 Å². The highest BCUT2D eigenvalue weighted by Gasteiger charge is 2.10. The van der Waals surface area contributed by atoms with E-state index in [1.54, 1.807) is 0 Å². The van der Waals surface area contributed by atoms with Gasteiger partial charge in [-0.25, -0.2) is 9.59 Å². The average molecular weight is 395 g/mol. The molecule has 0 aliphatic carbocycles. The van der Waals surface area contributed by atoms with Crippen molar-refractivity contribution in [1.29, 1.82) is 0 Å². The molecule has 2 aromatic heterocycles. The van der Waals surface area contributed by atoms with Crippen molar-refractivity contribution < 1.29 is 19.8 Å². The van der Waals surface area contributed by atoms with Crippen molar-refractivity contribution in [1.82, 2.24) is 9.66 Å². The number of para-hydroxylation sites is 1. The van der Waals surface area contributed by atoms with Crippen LogP contribution in [-0.4, -0.2) is 38.4 Å². The zero-order valence-electron chi connectivity index (χ0n) is 16.3. The van der Waals surface area contributed by atoms with Gasteiger partial charge in [0.25, 0.3) is 0 Å². The summed E-state index contributed by atoms with van der Waals surface area (Å²) in [7, 11) is 0. The third kappa shape index (κ3) is 6.80. The van der Waals surface area contributed by atoms with Crippen LogP contribution in [0.15, 0.2) is 73.2 Å². The minimum absolute atomic E-state index is 0.558. The first-order valence-corrected chi connectivity index (χ1v) is 9.40. The van der Waals surface area contributed by atoms with Crippen molar-refractivity contribution in [2.75, 3.05) is 11.6 Å². The van der Waals surface area contributed by atoms with Gasteiger partial charge in [0.1, 0.15) is 0 Å².